The molecule has 1 aliphatic heterocycles. The van der Waals surface area contributed by atoms with E-state index in [-0.39, 0.29) is 24.1 Å². The lowest BCUT2D eigenvalue weighted by atomic mass is 9.82. The highest BCUT2D eigenvalue weighted by Crippen LogP contribution is 2.37. The molecule has 1 heterocycles. The molecule has 1 aliphatic rings. The Kier molecular flexibility index (Phi) is 4.69. The van der Waals surface area contributed by atoms with Crippen LogP contribution in [0.15, 0.2) is 36.4 Å². The molecule has 0 bridgehead atoms. The molecule has 1 aromatic carbocycles. The van der Waals surface area contributed by atoms with Gasteiger partial charge in [0, 0.05) is 6.42 Å². The molecule has 21 heavy (non-hydrogen) atoms. The van der Waals surface area contributed by atoms with Crippen molar-refractivity contribution in [2.75, 3.05) is 0 Å². The van der Waals surface area contributed by atoms with Gasteiger partial charge in [-0.3, -0.25) is 4.79 Å². The van der Waals surface area contributed by atoms with Crippen LogP contribution in [0.4, 0.5) is 0 Å². The quantitative estimate of drug-likeness (QED) is 0.611. The van der Waals surface area contributed by atoms with Gasteiger partial charge in [0.25, 0.3) is 0 Å². The van der Waals surface area contributed by atoms with Crippen LogP contribution >= 0.6 is 0 Å². The third-order valence-electron chi connectivity index (χ3n) is 4.19. The summed E-state index contributed by atoms with van der Waals surface area (Å²) in [4.78, 5) is 11.9. The summed E-state index contributed by atoms with van der Waals surface area (Å²) in [5.41, 5.74) is 0.364. The summed E-state index contributed by atoms with van der Waals surface area (Å²) in [7, 11) is -0.302. The molecule has 112 valence electrons. The van der Waals surface area contributed by atoms with Crippen LogP contribution < -0.4 is 0 Å². The maximum atomic E-state index is 11.9. The van der Waals surface area contributed by atoms with Crippen molar-refractivity contribution in [3.63, 3.8) is 0 Å². The van der Waals surface area contributed by atoms with E-state index in [2.05, 4.69) is 0 Å². The van der Waals surface area contributed by atoms with Crippen molar-refractivity contribution in [2.45, 2.75) is 51.6 Å². The average molecular weight is 286 g/mol. The molecule has 0 atom stereocenters. The van der Waals surface area contributed by atoms with Crippen LogP contribution in [0.2, 0.25) is 6.32 Å². The number of carbonyl (C=O) groups excluding carboxylic acids is 1. The molecular weight excluding hydrogens is 263 g/mol. The Balaban J connectivity index is 1.82. The van der Waals surface area contributed by atoms with Crippen LogP contribution in [-0.4, -0.2) is 24.1 Å². The zero-order chi connectivity index (χ0) is 15.5. The van der Waals surface area contributed by atoms with Crippen LogP contribution in [0.5, 0.6) is 0 Å². The van der Waals surface area contributed by atoms with Gasteiger partial charge in [-0.1, -0.05) is 36.4 Å². The molecule has 0 unspecified atom stereocenters. The monoisotopic (exact) mass is 286 g/mol. The predicted octanol–water partition coefficient (Wildman–Crippen LogP) is 3.75. The fourth-order valence-corrected chi connectivity index (χ4v) is 2.18. The van der Waals surface area contributed by atoms with E-state index in [9.17, 15) is 4.79 Å². The molecule has 2 rings (SSSR count). The van der Waals surface area contributed by atoms with Crippen LogP contribution in [0.1, 0.15) is 39.7 Å². The number of hydrogen-bond donors (Lipinski definition) is 0. The average Bonchev–Trinajstić information content (AvgIpc) is 2.63. The summed E-state index contributed by atoms with van der Waals surface area (Å²) in [6.07, 6.45) is 4.48. The Labute approximate surface area is 127 Å². The van der Waals surface area contributed by atoms with Gasteiger partial charge in [0.1, 0.15) is 0 Å². The van der Waals surface area contributed by atoms with Gasteiger partial charge in [-0.15, -0.1) is 0 Å². The third-order valence-corrected chi connectivity index (χ3v) is 4.19. The fraction of sp³-hybridized carbons (Fsp3) is 0.471. The molecule has 0 radical (unpaired) electrons. The Hall–Kier alpha value is -1.39. The summed E-state index contributed by atoms with van der Waals surface area (Å²) in [5.74, 6) is 0.0913. The van der Waals surface area contributed by atoms with Crippen molar-refractivity contribution >= 4 is 19.0 Å². The molecule has 1 fully saturated rings. The van der Waals surface area contributed by atoms with Gasteiger partial charge in [0.2, 0.25) is 0 Å². The van der Waals surface area contributed by atoms with Crippen molar-refractivity contribution in [2.24, 2.45) is 0 Å². The summed E-state index contributed by atoms with van der Waals surface area (Å²) in [6, 6.07) is 9.80. The van der Waals surface area contributed by atoms with E-state index in [4.69, 9.17) is 9.31 Å². The standard InChI is InChI=1S/C17H23BO3/c1-16(2)17(3,4)21-18(20-16)13-12-15(19)11-10-14-8-6-5-7-9-14/h5-11H,12-13H2,1-4H3/b11-10+. The highest BCUT2D eigenvalue weighted by molar-refractivity contribution is 6.46. The van der Waals surface area contributed by atoms with Crippen LogP contribution in [0.25, 0.3) is 6.08 Å². The van der Waals surface area contributed by atoms with Gasteiger partial charge in [-0.05, 0) is 45.7 Å². The summed E-state index contributed by atoms with van der Waals surface area (Å²) < 4.78 is 11.8. The number of hydrogen-bond acceptors (Lipinski definition) is 3. The molecule has 0 aliphatic carbocycles. The van der Waals surface area contributed by atoms with Crippen LogP contribution in [-0.2, 0) is 14.1 Å². The van der Waals surface area contributed by atoms with Crippen molar-refractivity contribution < 1.29 is 14.1 Å². The lowest BCUT2D eigenvalue weighted by Crippen LogP contribution is -2.41. The zero-order valence-electron chi connectivity index (χ0n) is 13.3. The second-order valence-electron chi connectivity index (χ2n) is 6.43. The number of carbonyl (C=O) groups is 1. The van der Waals surface area contributed by atoms with Gasteiger partial charge in [0.15, 0.2) is 5.78 Å². The minimum atomic E-state index is -0.333. The molecule has 1 aromatic rings. The Morgan fingerprint density at radius 2 is 1.67 bits per heavy atom. The number of ketones is 1. The van der Waals surface area contributed by atoms with E-state index in [1.54, 1.807) is 6.08 Å². The molecule has 0 N–H and O–H groups in total. The summed E-state index contributed by atoms with van der Waals surface area (Å²) >= 11 is 0. The smallest absolute Gasteiger partial charge is 0.403 e. The molecule has 1 saturated heterocycles. The molecule has 0 aromatic heterocycles. The molecule has 4 heteroatoms. The second kappa shape index (κ2) is 6.16. The van der Waals surface area contributed by atoms with E-state index >= 15 is 0 Å². The molecule has 0 amide bonds. The topological polar surface area (TPSA) is 35.5 Å². The highest BCUT2D eigenvalue weighted by atomic mass is 16.7. The molecule has 3 nitrogen and oxygen atoms in total. The molecule has 0 saturated carbocycles. The van der Waals surface area contributed by atoms with E-state index in [1.807, 2.05) is 64.1 Å². The van der Waals surface area contributed by atoms with E-state index < -0.39 is 0 Å². The van der Waals surface area contributed by atoms with E-state index in [1.165, 1.54) is 0 Å². The Morgan fingerprint density at radius 1 is 1.10 bits per heavy atom. The first kappa shape index (κ1) is 16.0. The lowest BCUT2D eigenvalue weighted by molar-refractivity contribution is -0.114. The first-order valence-corrected chi connectivity index (χ1v) is 7.42. The summed E-state index contributed by atoms with van der Waals surface area (Å²) in [5, 5.41) is 0. The Morgan fingerprint density at radius 3 is 2.24 bits per heavy atom. The Bertz CT molecular complexity index is 504. The van der Waals surface area contributed by atoms with Crippen LogP contribution in [0.3, 0.4) is 0 Å². The van der Waals surface area contributed by atoms with Gasteiger partial charge in [-0.25, -0.2) is 0 Å². The third kappa shape index (κ3) is 4.05. The highest BCUT2D eigenvalue weighted by Gasteiger charge is 2.50. The number of allylic oxidation sites excluding steroid dienone is 1. The first-order valence-electron chi connectivity index (χ1n) is 7.42. The zero-order valence-corrected chi connectivity index (χ0v) is 13.3. The van der Waals surface area contributed by atoms with Gasteiger partial charge < -0.3 is 9.31 Å². The minimum absolute atomic E-state index is 0.0913. The predicted molar refractivity (Wildman–Crippen MR) is 86.0 cm³/mol. The van der Waals surface area contributed by atoms with Crippen LogP contribution in [0, 0.1) is 0 Å². The largest absolute Gasteiger partial charge is 0.458 e. The summed E-state index contributed by atoms with van der Waals surface area (Å²) in [6.45, 7) is 8.07. The van der Waals surface area contributed by atoms with E-state index in [0.717, 1.165) is 5.56 Å². The number of rotatable bonds is 5. The maximum absolute atomic E-state index is 11.9. The molecular formula is C17H23BO3. The first-order chi connectivity index (χ1) is 9.80. The van der Waals surface area contributed by atoms with Crippen molar-refractivity contribution in [1.82, 2.24) is 0 Å². The van der Waals surface area contributed by atoms with Crippen molar-refractivity contribution in [3.8, 4) is 0 Å². The minimum Gasteiger partial charge on any atom is -0.403 e. The van der Waals surface area contributed by atoms with Gasteiger partial charge in [0.05, 0.1) is 11.2 Å². The van der Waals surface area contributed by atoms with Gasteiger partial charge >= 0.3 is 7.12 Å². The normalized spacial score (nSPS) is 20.1. The van der Waals surface area contributed by atoms with E-state index in [0.29, 0.717) is 12.7 Å². The molecule has 0 spiro atoms. The SMILES string of the molecule is CC1(C)OB(CCC(=O)/C=C/c2ccccc2)OC1(C)C. The van der Waals surface area contributed by atoms with Gasteiger partial charge in [-0.2, -0.15) is 0 Å². The number of benzene rings is 1. The second-order valence-corrected chi connectivity index (χ2v) is 6.43. The lowest BCUT2D eigenvalue weighted by Gasteiger charge is -2.32. The maximum Gasteiger partial charge on any atom is 0.458 e. The fourth-order valence-electron chi connectivity index (χ4n) is 2.18. The van der Waals surface area contributed by atoms with Crippen molar-refractivity contribution in [1.29, 1.82) is 0 Å². The van der Waals surface area contributed by atoms with Crippen molar-refractivity contribution in [3.05, 3.63) is 42.0 Å².